The zero-order valence-electron chi connectivity index (χ0n) is 14.0. The van der Waals surface area contributed by atoms with Crippen LogP contribution in [0.15, 0.2) is 48.6 Å². The van der Waals surface area contributed by atoms with Crippen molar-refractivity contribution in [1.82, 2.24) is 0 Å². The van der Waals surface area contributed by atoms with Gasteiger partial charge in [0.15, 0.2) is 0 Å². The second-order valence-electron chi connectivity index (χ2n) is 6.26. The van der Waals surface area contributed by atoms with Gasteiger partial charge < -0.3 is 4.74 Å². The van der Waals surface area contributed by atoms with Gasteiger partial charge in [0.05, 0.1) is 30.4 Å². The topological polar surface area (TPSA) is 56.8 Å². The molecule has 0 amide bonds. The molecule has 0 saturated heterocycles. The van der Waals surface area contributed by atoms with Crippen LogP contribution in [0.25, 0.3) is 0 Å². The SMILES string of the molecule is N#C/C=C/C=C/CC[C@H]1CC[C@H](OCc2ccc(C#N)cc2)CC1. The van der Waals surface area contributed by atoms with E-state index in [2.05, 4.69) is 12.1 Å². The Morgan fingerprint density at radius 2 is 1.79 bits per heavy atom. The number of allylic oxidation sites excluding steroid dienone is 4. The lowest BCUT2D eigenvalue weighted by molar-refractivity contribution is 0.00647. The highest BCUT2D eigenvalue weighted by Crippen LogP contribution is 2.30. The van der Waals surface area contributed by atoms with Crippen molar-refractivity contribution in [3.63, 3.8) is 0 Å². The molecule has 0 N–H and O–H groups in total. The minimum absolute atomic E-state index is 0.367. The smallest absolute Gasteiger partial charge is 0.0991 e. The van der Waals surface area contributed by atoms with E-state index in [1.165, 1.54) is 25.3 Å². The van der Waals surface area contributed by atoms with Crippen molar-refractivity contribution in [1.29, 1.82) is 10.5 Å². The quantitative estimate of drug-likeness (QED) is 0.522. The summed E-state index contributed by atoms with van der Waals surface area (Å²) in [6.45, 7) is 0.634. The van der Waals surface area contributed by atoms with E-state index in [9.17, 15) is 0 Å². The molecule has 1 aliphatic carbocycles. The summed E-state index contributed by atoms with van der Waals surface area (Å²) >= 11 is 0. The average molecular weight is 320 g/mol. The molecule has 2 rings (SSSR count). The molecular formula is C21H24N2O. The van der Waals surface area contributed by atoms with Crippen molar-refractivity contribution in [2.75, 3.05) is 0 Å². The van der Waals surface area contributed by atoms with Gasteiger partial charge in [-0.3, -0.25) is 0 Å². The third-order valence-corrected chi connectivity index (χ3v) is 4.52. The molecule has 1 aliphatic rings. The van der Waals surface area contributed by atoms with E-state index >= 15 is 0 Å². The maximum absolute atomic E-state index is 8.80. The highest BCUT2D eigenvalue weighted by Gasteiger charge is 2.21. The van der Waals surface area contributed by atoms with Crippen molar-refractivity contribution in [2.45, 2.75) is 51.2 Å². The molecule has 24 heavy (non-hydrogen) atoms. The molecule has 0 spiro atoms. The van der Waals surface area contributed by atoms with Gasteiger partial charge in [-0.1, -0.05) is 30.4 Å². The summed E-state index contributed by atoms with van der Waals surface area (Å²) in [6.07, 6.45) is 14.8. The first-order valence-corrected chi connectivity index (χ1v) is 8.63. The van der Waals surface area contributed by atoms with Gasteiger partial charge in [0.1, 0.15) is 0 Å². The first kappa shape index (κ1) is 18.0. The van der Waals surface area contributed by atoms with Crippen LogP contribution in [-0.4, -0.2) is 6.10 Å². The molecular weight excluding hydrogens is 296 g/mol. The second kappa shape index (κ2) is 10.4. The average Bonchev–Trinajstić information content (AvgIpc) is 2.64. The first-order chi connectivity index (χ1) is 11.8. The third-order valence-electron chi connectivity index (χ3n) is 4.52. The van der Waals surface area contributed by atoms with E-state index in [4.69, 9.17) is 15.3 Å². The molecule has 124 valence electrons. The summed E-state index contributed by atoms with van der Waals surface area (Å²) in [6, 6.07) is 11.7. The molecule has 0 radical (unpaired) electrons. The Balaban J connectivity index is 1.62. The van der Waals surface area contributed by atoms with Gasteiger partial charge in [0.2, 0.25) is 0 Å². The largest absolute Gasteiger partial charge is 0.374 e. The van der Waals surface area contributed by atoms with Crippen LogP contribution in [-0.2, 0) is 11.3 Å². The number of nitriles is 2. The highest BCUT2D eigenvalue weighted by atomic mass is 16.5. The van der Waals surface area contributed by atoms with Gasteiger partial charge >= 0.3 is 0 Å². The van der Waals surface area contributed by atoms with E-state index in [1.807, 2.05) is 36.4 Å². The molecule has 0 aliphatic heterocycles. The van der Waals surface area contributed by atoms with Gasteiger partial charge in [-0.15, -0.1) is 0 Å². The Labute approximate surface area is 144 Å². The summed E-state index contributed by atoms with van der Waals surface area (Å²) in [5, 5.41) is 17.2. The lowest BCUT2D eigenvalue weighted by atomic mass is 9.84. The molecule has 1 aromatic carbocycles. The fourth-order valence-electron chi connectivity index (χ4n) is 3.08. The summed E-state index contributed by atoms with van der Waals surface area (Å²) < 4.78 is 6.02. The molecule has 3 heteroatoms. The van der Waals surface area contributed by atoms with Crippen molar-refractivity contribution in [3.8, 4) is 12.1 Å². The van der Waals surface area contributed by atoms with Crippen LogP contribution in [0.4, 0.5) is 0 Å². The Kier molecular flexibility index (Phi) is 7.81. The van der Waals surface area contributed by atoms with Crippen LogP contribution in [0, 0.1) is 28.6 Å². The van der Waals surface area contributed by atoms with Crippen LogP contribution >= 0.6 is 0 Å². The van der Waals surface area contributed by atoms with Gasteiger partial charge in [0.25, 0.3) is 0 Å². The Morgan fingerprint density at radius 3 is 2.46 bits per heavy atom. The lowest BCUT2D eigenvalue weighted by Crippen LogP contribution is -2.21. The molecule has 0 bridgehead atoms. The lowest BCUT2D eigenvalue weighted by Gasteiger charge is -2.28. The summed E-state index contributed by atoms with van der Waals surface area (Å²) in [5.41, 5.74) is 1.82. The highest BCUT2D eigenvalue weighted by molar-refractivity contribution is 5.31. The second-order valence-corrected chi connectivity index (χ2v) is 6.26. The summed E-state index contributed by atoms with van der Waals surface area (Å²) in [5.74, 6) is 0.796. The van der Waals surface area contributed by atoms with E-state index in [0.717, 1.165) is 30.7 Å². The fourth-order valence-corrected chi connectivity index (χ4v) is 3.08. The van der Waals surface area contributed by atoms with Crippen molar-refractivity contribution in [3.05, 3.63) is 59.7 Å². The van der Waals surface area contributed by atoms with Crippen LogP contribution < -0.4 is 0 Å². The van der Waals surface area contributed by atoms with Crippen LogP contribution in [0.3, 0.4) is 0 Å². The van der Waals surface area contributed by atoms with E-state index in [0.29, 0.717) is 18.3 Å². The van der Waals surface area contributed by atoms with Crippen LogP contribution in [0.5, 0.6) is 0 Å². The first-order valence-electron chi connectivity index (χ1n) is 8.63. The van der Waals surface area contributed by atoms with E-state index in [-0.39, 0.29) is 0 Å². The maximum Gasteiger partial charge on any atom is 0.0991 e. The Hall–Kier alpha value is -2.36. The van der Waals surface area contributed by atoms with Gasteiger partial charge in [-0.25, -0.2) is 0 Å². The molecule has 3 nitrogen and oxygen atoms in total. The third kappa shape index (κ3) is 6.41. The number of nitrogens with zero attached hydrogens (tertiary/aromatic N) is 2. The minimum atomic E-state index is 0.367. The predicted octanol–water partition coefficient (Wildman–Crippen LogP) is 5.05. The number of hydrogen-bond acceptors (Lipinski definition) is 3. The molecule has 1 fully saturated rings. The molecule has 0 unspecified atom stereocenters. The van der Waals surface area contributed by atoms with Crippen molar-refractivity contribution < 1.29 is 4.74 Å². The van der Waals surface area contributed by atoms with Crippen molar-refractivity contribution >= 4 is 0 Å². The number of hydrogen-bond donors (Lipinski definition) is 0. The van der Waals surface area contributed by atoms with Gasteiger partial charge in [-0.05, 0) is 62.1 Å². The Bertz CT molecular complexity index is 623. The van der Waals surface area contributed by atoms with Crippen LogP contribution in [0.1, 0.15) is 49.7 Å². The predicted molar refractivity (Wildman–Crippen MR) is 94.8 cm³/mol. The normalized spacial score (nSPS) is 20.9. The van der Waals surface area contributed by atoms with Crippen molar-refractivity contribution in [2.24, 2.45) is 5.92 Å². The Morgan fingerprint density at radius 1 is 1.04 bits per heavy atom. The summed E-state index contributed by atoms with van der Waals surface area (Å²) in [4.78, 5) is 0. The fraction of sp³-hybridized carbons (Fsp3) is 0.429. The maximum atomic E-state index is 8.80. The number of benzene rings is 1. The number of rotatable bonds is 7. The molecule has 1 aromatic rings. The number of ether oxygens (including phenoxy) is 1. The summed E-state index contributed by atoms with van der Waals surface area (Å²) in [7, 11) is 0. The zero-order chi connectivity index (χ0) is 17.0. The van der Waals surface area contributed by atoms with E-state index in [1.54, 1.807) is 6.08 Å². The van der Waals surface area contributed by atoms with Crippen LogP contribution in [0.2, 0.25) is 0 Å². The zero-order valence-corrected chi connectivity index (χ0v) is 14.0. The standard InChI is InChI=1S/C21H24N2O/c22-15-5-3-1-2-4-6-18-11-13-21(14-12-18)24-17-20-9-7-19(16-23)8-10-20/h1-3,5,7-10,18,21H,4,6,11-14,17H2/b2-1+,5-3+/t18-,21-. The molecule has 0 atom stereocenters. The van der Waals surface area contributed by atoms with E-state index < -0.39 is 0 Å². The minimum Gasteiger partial charge on any atom is -0.374 e. The molecule has 1 saturated carbocycles. The molecule has 0 heterocycles. The van der Waals surface area contributed by atoms with Gasteiger partial charge in [-0.2, -0.15) is 10.5 Å². The van der Waals surface area contributed by atoms with Gasteiger partial charge in [0, 0.05) is 6.08 Å². The monoisotopic (exact) mass is 320 g/mol. The molecule has 0 aromatic heterocycles.